The van der Waals surface area contributed by atoms with E-state index in [1.807, 2.05) is 18.2 Å². The summed E-state index contributed by atoms with van der Waals surface area (Å²) in [6.45, 7) is 2.91. The highest BCUT2D eigenvalue weighted by Gasteiger charge is 2.23. The molecule has 4 rings (SSSR count). The van der Waals surface area contributed by atoms with Gasteiger partial charge in [-0.3, -0.25) is 0 Å². The Morgan fingerprint density at radius 2 is 1.93 bits per heavy atom. The number of aromatic nitrogens is 1. The Kier molecular flexibility index (Phi) is 5.65. The Bertz CT molecular complexity index is 927. The van der Waals surface area contributed by atoms with Crippen molar-refractivity contribution in [1.29, 1.82) is 0 Å². The van der Waals surface area contributed by atoms with Crippen molar-refractivity contribution in [2.75, 3.05) is 13.7 Å². The molecule has 0 saturated heterocycles. The molecule has 4 nitrogen and oxygen atoms in total. The average molecular weight is 377 g/mol. The quantitative estimate of drug-likeness (QED) is 0.485. The van der Waals surface area contributed by atoms with Gasteiger partial charge in [0, 0.05) is 5.56 Å². The largest absolute Gasteiger partial charge is 0.493 e. The van der Waals surface area contributed by atoms with Gasteiger partial charge >= 0.3 is 0 Å². The summed E-state index contributed by atoms with van der Waals surface area (Å²) in [5.41, 5.74) is 4.65. The van der Waals surface area contributed by atoms with Crippen molar-refractivity contribution >= 4 is 0 Å². The first-order chi connectivity index (χ1) is 13.7. The van der Waals surface area contributed by atoms with E-state index in [9.17, 15) is 0 Å². The van der Waals surface area contributed by atoms with Crippen molar-refractivity contribution in [3.8, 4) is 23.0 Å². The van der Waals surface area contributed by atoms with Crippen LogP contribution >= 0.6 is 0 Å². The Hall–Kier alpha value is -2.75. The van der Waals surface area contributed by atoms with Gasteiger partial charge in [0.05, 0.1) is 19.4 Å². The minimum Gasteiger partial charge on any atom is -0.493 e. The third kappa shape index (κ3) is 4.56. The number of oxazole rings is 1. The van der Waals surface area contributed by atoms with Crippen LogP contribution in [-0.2, 0) is 12.8 Å². The molecule has 1 fully saturated rings. The van der Waals surface area contributed by atoms with E-state index in [1.165, 1.54) is 24.0 Å². The molecule has 1 aromatic heterocycles. The van der Waals surface area contributed by atoms with E-state index in [4.69, 9.17) is 13.9 Å². The van der Waals surface area contributed by atoms with Gasteiger partial charge in [-0.15, -0.1) is 0 Å². The maximum absolute atomic E-state index is 5.95. The highest BCUT2D eigenvalue weighted by Crippen LogP contribution is 2.35. The lowest BCUT2D eigenvalue weighted by Gasteiger charge is -2.11. The van der Waals surface area contributed by atoms with E-state index in [0.717, 1.165) is 48.6 Å². The minimum absolute atomic E-state index is 0.629. The average Bonchev–Trinajstić information content (AvgIpc) is 3.43. The topological polar surface area (TPSA) is 44.5 Å². The number of methoxy groups -OCH3 is 1. The smallest absolute Gasteiger partial charge is 0.226 e. The van der Waals surface area contributed by atoms with E-state index in [2.05, 4.69) is 36.2 Å². The fourth-order valence-corrected chi connectivity index (χ4v) is 3.32. The number of ether oxygens (including phenoxy) is 2. The maximum atomic E-state index is 5.95. The summed E-state index contributed by atoms with van der Waals surface area (Å²) in [5.74, 6) is 2.82. The molecule has 0 radical (unpaired) electrons. The summed E-state index contributed by atoms with van der Waals surface area (Å²) in [6.07, 6.45) is 7.29. The van der Waals surface area contributed by atoms with Crippen LogP contribution in [0.4, 0.5) is 0 Å². The molecule has 0 amide bonds. The molecular weight excluding hydrogens is 350 g/mol. The molecule has 0 unspecified atom stereocenters. The SMILES string of the molecule is COc1ccc(-c2nc(CCCc3ccccc3C)co2)cc1OCC1CC1. The highest BCUT2D eigenvalue weighted by atomic mass is 16.5. The van der Waals surface area contributed by atoms with Crippen LogP contribution in [-0.4, -0.2) is 18.7 Å². The molecule has 2 aromatic carbocycles. The van der Waals surface area contributed by atoms with Crippen molar-refractivity contribution in [2.24, 2.45) is 5.92 Å². The van der Waals surface area contributed by atoms with Crippen LogP contribution in [0.5, 0.6) is 11.5 Å². The molecule has 4 heteroatoms. The van der Waals surface area contributed by atoms with Crippen molar-refractivity contribution < 1.29 is 13.9 Å². The molecule has 1 aliphatic carbocycles. The summed E-state index contributed by atoms with van der Waals surface area (Å²) in [7, 11) is 1.66. The van der Waals surface area contributed by atoms with Gasteiger partial charge in [0.15, 0.2) is 11.5 Å². The van der Waals surface area contributed by atoms with E-state index < -0.39 is 0 Å². The molecule has 1 saturated carbocycles. The first-order valence-corrected chi connectivity index (χ1v) is 10.0. The van der Waals surface area contributed by atoms with Crippen molar-refractivity contribution in [3.05, 3.63) is 65.5 Å². The number of hydrogen-bond acceptors (Lipinski definition) is 4. The highest BCUT2D eigenvalue weighted by molar-refractivity contribution is 5.60. The van der Waals surface area contributed by atoms with Crippen LogP contribution < -0.4 is 9.47 Å². The summed E-state index contributed by atoms with van der Waals surface area (Å²) < 4.78 is 17.1. The molecule has 0 bridgehead atoms. The van der Waals surface area contributed by atoms with Crippen LogP contribution in [0, 0.1) is 12.8 Å². The van der Waals surface area contributed by atoms with Crippen LogP contribution in [0.2, 0.25) is 0 Å². The van der Waals surface area contributed by atoms with E-state index >= 15 is 0 Å². The lowest BCUT2D eigenvalue weighted by molar-refractivity contribution is 0.280. The van der Waals surface area contributed by atoms with Gasteiger partial charge < -0.3 is 13.9 Å². The van der Waals surface area contributed by atoms with E-state index in [0.29, 0.717) is 11.8 Å². The normalized spacial score (nSPS) is 13.5. The summed E-state index contributed by atoms with van der Waals surface area (Å²) >= 11 is 0. The fourth-order valence-electron chi connectivity index (χ4n) is 3.32. The summed E-state index contributed by atoms with van der Waals surface area (Å²) in [6, 6.07) is 14.4. The second-order valence-electron chi connectivity index (χ2n) is 7.54. The monoisotopic (exact) mass is 377 g/mol. The molecule has 0 atom stereocenters. The standard InChI is InChI=1S/C24H27NO3/c1-17-6-3-4-7-19(17)8-5-9-21-16-28-24(25-21)20-12-13-22(26-2)23(14-20)27-15-18-10-11-18/h3-4,6-7,12-14,16,18H,5,8-11,15H2,1-2H3. The van der Waals surface area contributed by atoms with E-state index in [-0.39, 0.29) is 0 Å². The zero-order chi connectivity index (χ0) is 19.3. The molecule has 1 heterocycles. The molecule has 1 aliphatic rings. The summed E-state index contributed by atoms with van der Waals surface area (Å²) in [4.78, 5) is 4.68. The fraction of sp³-hybridized carbons (Fsp3) is 0.375. The third-order valence-electron chi connectivity index (χ3n) is 5.27. The predicted molar refractivity (Wildman–Crippen MR) is 110 cm³/mol. The van der Waals surface area contributed by atoms with Crippen LogP contribution in [0.3, 0.4) is 0 Å². The van der Waals surface area contributed by atoms with Crippen LogP contribution in [0.15, 0.2) is 53.1 Å². The Labute approximate surface area is 166 Å². The third-order valence-corrected chi connectivity index (χ3v) is 5.27. The lowest BCUT2D eigenvalue weighted by Crippen LogP contribution is -2.01. The van der Waals surface area contributed by atoms with Crippen LogP contribution in [0.1, 0.15) is 36.1 Å². The van der Waals surface area contributed by atoms with Gasteiger partial charge in [-0.25, -0.2) is 4.98 Å². The molecule has 0 N–H and O–H groups in total. The minimum atomic E-state index is 0.629. The predicted octanol–water partition coefficient (Wildman–Crippen LogP) is 5.62. The van der Waals surface area contributed by atoms with E-state index in [1.54, 1.807) is 13.4 Å². The van der Waals surface area contributed by atoms with Gasteiger partial charge in [-0.2, -0.15) is 0 Å². The van der Waals surface area contributed by atoms with Crippen LogP contribution in [0.25, 0.3) is 11.5 Å². The molecule has 28 heavy (non-hydrogen) atoms. The Morgan fingerprint density at radius 3 is 2.71 bits per heavy atom. The Morgan fingerprint density at radius 1 is 1.07 bits per heavy atom. The maximum Gasteiger partial charge on any atom is 0.226 e. The number of benzene rings is 2. The lowest BCUT2D eigenvalue weighted by atomic mass is 10.0. The van der Waals surface area contributed by atoms with Gasteiger partial charge in [-0.05, 0) is 74.3 Å². The Balaban J connectivity index is 1.40. The number of hydrogen-bond donors (Lipinski definition) is 0. The van der Waals surface area contributed by atoms with Gasteiger partial charge in [0.1, 0.15) is 6.26 Å². The first kappa shape index (κ1) is 18.6. The molecular formula is C24H27NO3. The molecule has 0 spiro atoms. The number of nitrogens with zero attached hydrogens (tertiary/aromatic N) is 1. The second-order valence-corrected chi connectivity index (χ2v) is 7.54. The van der Waals surface area contributed by atoms with Crippen molar-refractivity contribution in [3.63, 3.8) is 0 Å². The first-order valence-electron chi connectivity index (χ1n) is 10.0. The van der Waals surface area contributed by atoms with Gasteiger partial charge in [0.25, 0.3) is 0 Å². The molecule has 146 valence electrons. The zero-order valence-corrected chi connectivity index (χ0v) is 16.6. The second kappa shape index (κ2) is 8.51. The zero-order valence-electron chi connectivity index (χ0n) is 16.6. The summed E-state index contributed by atoms with van der Waals surface area (Å²) in [5, 5.41) is 0. The van der Waals surface area contributed by atoms with Gasteiger partial charge in [0.2, 0.25) is 5.89 Å². The van der Waals surface area contributed by atoms with Crippen molar-refractivity contribution in [1.82, 2.24) is 4.98 Å². The van der Waals surface area contributed by atoms with Crippen molar-refractivity contribution in [2.45, 2.75) is 39.0 Å². The van der Waals surface area contributed by atoms with Gasteiger partial charge in [-0.1, -0.05) is 24.3 Å². The molecule has 0 aliphatic heterocycles. The molecule has 3 aromatic rings. The number of aryl methyl sites for hydroxylation is 3. The number of rotatable bonds is 9.